The smallest absolute Gasteiger partial charge is 0.222 e. The minimum atomic E-state index is -0.232. The average Bonchev–Trinajstić information content (AvgIpc) is 2.88. The van der Waals surface area contributed by atoms with Crippen molar-refractivity contribution in [3.8, 4) is 0 Å². The summed E-state index contributed by atoms with van der Waals surface area (Å²) < 4.78 is 6.97. The number of methoxy groups -OCH3 is 1. The van der Waals surface area contributed by atoms with Crippen LogP contribution in [-0.4, -0.2) is 46.8 Å². The Labute approximate surface area is 117 Å². The standard InChI is InChI=1S/C13H19N5O2/c1-20-10(9-14)8-13(19)15-6-5-12-17-16-11-4-2-3-7-18(11)12/h2-4,7,10H,5-6,8-9,14H2,1H3,(H,15,19). The van der Waals surface area contributed by atoms with E-state index in [9.17, 15) is 4.79 Å². The summed E-state index contributed by atoms with van der Waals surface area (Å²) in [5, 5.41) is 11.0. The van der Waals surface area contributed by atoms with Gasteiger partial charge in [0.2, 0.25) is 5.91 Å². The molecule has 0 saturated carbocycles. The van der Waals surface area contributed by atoms with Crippen LogP contribution in [-0.2, 0) is 16.0 Å². The molecule has 20 heavy (non-hydrogen) atoms. The van der Waals surface area contributed by atoms with Gasteiger partial charge in [-0.25, -0.2) is 0 Å². The molecule has 0 bridgehead atoms. The zero-order valence-corrected chi connectivity index (χ0v) is 11.5. The van der Waals surface area contributed by atoms with E-state index in [1.165, 1.54) is 0 Å². The Morgan fingerprint density at radius 3 is 3.10 bits per heavy atom. The van der Waals surface area contributed by atoms with Crippen molar-refractivity contribution in [3.63, 3.8) is 0 Å². The fourth-order valence-electron chi connectivity index (χ4n) is 1.92. The van der Waals surface area contributed by atoms with Gasteiger partial charge in [0.05, 0.1) is 12.5 Å². The maximum Gasteiger partial charge on any atom is 0.222 e. The van der Waals surface area contributed by atoms with Crippen LogP contribution in [0.2, 0.25) is 0 Å². The van der Waals surface area contributed by atoms with Gasteiger partial charge in [-0.15, -0.1) is 10.2 Å². The summed E-state index contributed by atoms with van der Waals surface area (Å²) >= 11 is 0. The van der Waals surface area contributed by atoms with Crippen LogP contribution in [0, 0.1) is 0 Å². The second-order valence-electron chi connectivity index (χ2n) is 4.44. The van der Waals surface area contributed by atoms with Crippen molar-refractivity contribution in [2.24, 2.45) is 5.73 Å². The van der Waals surface area contributed by atoms with Crippen LogP contribution in [0.15, 0.2) is 24.4 Å². The van der Waals surface area contributed by atoms with Gasteiger partial charge in [0.25, 0.3) is 0 Å². The lowest BCUT2D eigenvalue weighted by Crippen LogP contribution is -2.33. The first-order chi connectivity index (χ1) is 9.74. The summed E-state index contributed by atoms with van der Waals surface area (Å²) in [7, 11) is 1.55. The largest absolute Gasteiger partial charge is 0.380 e. The minimum absolute atomic E-state index is 0.0730. The number of nitrogens with two attached hydrogens (primary N) is 1. The molecule has 0 aliphatic rings. The topological polar surface area (TPSA) is 94.5 Å². The highest BCUT2D eigenvalue weighted by molar-refractivity contribution is 5.76. The number of hydrogen-bond donors (Lipinski definition) is 2. The predicted molar refractivity (Wildman–Crippen MR) is 74.2 cm³/mol. The number of carbonyl (C=O) groups excluding carboxylic acids is 1. The van der Waals surface area contributed by atoms with Crippen LogP contribution in [0.25, 0.3) is 5.65 Å². The highest BCUT2D eigenvalue weighted by atomic mass is 16.5. The molecule has 7 heteroatoms. The molecule has 3 N–H and O–H groups in total. The number of rotatable bonds is 7. The van der Waals surface area contributed by atoms with Crippen molar-refractivity contribution in [2.45, 2.75) is 18.9 Å². The Hall–Kier alpha value is -1.99. The molecular weight excluding hydrogens is 258 g/mol. The van der Waals surface area contributed by atoms with Gasteiger partial charge in [-0.3, -0.25) is 9.20 Å². The van der Waals surface area contributed by atoms with Crippen LogP contribution >= 0.6 is 0 Å². The number of amides is 1. The van der Waals surface area contributed by atoms with Crippen molar-refractivity contribution in [1.29, 1.82) is 0 Å². The van der Waals surface area contributed by atoms with Crippen LogP contribution in [0.5, 0.6) is 0 Å². The van der Waals surface area contributed by atoms with Gasteiger partial charge in [0, 0.05) is 32.8 Å². The Balaban J connectivity index is 1.82. The number of carbonyl (C=O) groups is 1. The van der Waals surface area contributed by atoms with E-state index in [0.29, 0.717) is 19.5 Å². The van der Waals surface area contributed by atoms with Crippen LogP contribution < -0.4 is 11.1 Å². The number of nitrogens with zero attached hydrogens (tertiary/aromatic N) is 3. The molecule has 1 unspecified atom stereocenters. The van der Waals surface area contributed by atoms with E-state index in [1.54, 1.807) is 7.11 Å². The molecule has 2 aromatic rings. The van der Waals surface area contributed by atoms with Gasteiger partial charge >= 0.3 is 0 Å². The van der Waals surface area contributed by atoms with Crippen LogP contribution in [0.4, 0.5) is 0 Å². The lowest BCUT2D eigenvalue weighted by molar-refractivity contribution is -0.123. The summed E-state index contributed by atoms with van der Waals surface area (Å²) in [6.45, 7) is 0.842. The molecule has 1 amide bonds. The number of hydrogen-bond acceptors (Lipinski definition) is 5. The Morgan fingerprint density at radius 2 is 2.35 bits per heavy atom. The van der Waals surface area contributed by atoms with E-state index >= 15 is 0 Å². The van der Waals surface area contributed by atoms with Gasteiger partial charge < -0.3 is 15.8 Å². The molecular formula is C13H19N5O2. The summed E-state index contributed by atoms with van der Waals surface area (Å²) in [6, 6.07) is 5.72. The Bertz CT molecular complexity index is 565. The van der Waals surface area contributed by atoms with E-state index in [2.05, 4.69) is 15.5 Å². The summed E-state index contributed by atoms with van der Waals surface area (Å²) in [6.07, 6.45) is 2.57. The first kappa shape index (κ1) is 14.4. The minimum Gasteiger partial charge on any atom is -0.380 e. The fourth-order valence-corrected chi connectivity index (χ4v) is 1.92. The molecule has 2 aromatic heterocycles. The fraction of sp³-hybridized carbons (Fsp3) is 0.462. The number of fused-ring (bicyclic) bond motifs is 1. The predicted octanol–water partition coefficient (Wildman–Crippen LogP) is -0.248. The molecule has 0 aromatic carbocycles. The summed E-state index contributed by atoms with van der Waals surface area (Å²) in [4.78, 5) is 11.7. The van der Waals surface area contributed by atoms with E-state index in [1.807, 2.05) is 28.8 Å². The van der Waals surface area contributed by atoms with Crippen molar-refractivity contribution < 1.29 is 9.53 Å². The highest BCUT2D eigenvalue weighted by Crippen LogP contribution is 2.03. The Kier molecular flexibility index (Phi) is 5.03. The van der Waals surface area contributed by atoms with Crippen molar-refractivity contribution in [3.05, 3.63) is 30.2 Å². The van der Waals surface area contributed by atoms with Gasteiger partial charge in [0.1, 0.15) is 5.82 Å². The third kappa shape index (κ3) is 3.52. The molecule has 0 radical (unpaired) electrons. The molecule has 0 saturated heterocycles. The van der Waals surface area contributed by atoms with E-state index in [0.717, 1.165) is 11.5 Å². The van der Waals surface area contributed by atoms with Crippen molar-refractivity contribution >= 4 is 11.6 Å². The van der Waals surface area contributed by atoms with Gasteiger partial charge in [-0.1, -0.05) is 6.07 Å². The van der Waals surface area contributed by atoms with Gasteiger partial charge in [0.15, 0.2) is 5.65 Å². The molecule has 0 aliphatic heterocycles. The summed E-state index contributed by atoms with van der Waals surface area (Å²) in [5.41, 5.74) is 6.28. The number of nitrogens with one attached hydrogen (secondary N) is 1. The van der Waals surface area contributed by atoms with E-state index in [4.69, 9.17) is 10.5 Å². The lowest BCUT2D eigenvalue weighted by Gasteiger charge is -2.12. The molecule has 7 nitrogen and oxygen atoms in total. The average molecular weight is 277 g/mol. The van der Waals surface area contributed by atoms with Crippen molar-refractivity contribution in [2.75, 3.05) is 20.2 Å². The number of aromatic nitrogens is 3. The third-order valence-corrected chi connectivity index (χ3v) is 3.06. The van der Waals surface area contributed by atoms with Gasteiger partial charge in [-0.2, -0.15) is 0 Å². The zero-order chi connectivity index (χ0) is 14.4. The zero-order valence-electron chi connectivity index (χ0n) is 11.5. The maximum atomic E-state index is 11.7. The summed E-state index contributed by atoms with van der Waals surface area (Å²) in [5.74, 6) is 0.749. The SMILES string of the molecule is COC(CN)CC(=O)NCCc1nnc2ccccn12. The van der Waals surface area contributed by atoms with Gasteiger partial charge in [-0.05, 0) is 12.1 Å². The monoisotopic (exact) mass is 277 g/mol. The second kappa shape index (κ2) is 6.97. The van der Waals surface area contributed by atoms with E-state index in [-0.39, 0.29) is 18.4 Å². The third-order valence-electron chi connectivity index (χ3n) is 3.06. The molecule has 1 atom stereocenters. The second-order valence-corrected chi connectivity index (χ2v) is 4.44. The molecule has 2 rings (SSSR count). The highest BCUT2D eigenvalue weighted by Gasteiger charge is 2.11. The molecule has 0 fully saturated rings. The molecule has 108 valence electrons. The molecule has 0 spiro atoms. The maximum absolute atomic E-state index is 11.7. The van der Waals surface area contributed by atoms with Crippen LogP contribution in [0.3, 0.4) is 0 Å². The Morgan fingerprint density at radius 1 is 1.50 bits per heavy atom. The van der Waals surface area contributed by atoms with Crippen LogP contribution in [0.1, 0.15) is 12.2 Å². The van der Waals surface area contributed by atoms with E-state index < -0.39 is 0 Å². The van der Waals surface area contributed by atoms with Crippen molar-refractivity contribution in [1.82, 2.24) is 19.9 Å². The first-order valence-electron chi connectivity index (χ1n) is 6.52. The normalized spacial score (nSPS) is 12.5. The number of ether oxygens (including phenoxy) is 1. The number of pyridine rings is 1. The molecule has 0 aliphatic carbocycles. The quantitative estimate of drug-likeness (QED) is 0.728. The first-order valence-corrected chi connectivity index (χ1v) is 6.52. The molecule has 2 heterocycles. The lowest BCUT2D eigenvalue weighted by atomic mass is 10.2.